The smallest absolute Gasteiger partial charge is 0.284 e. The molecule has 7 nitrogen and oxygen atoms in total. The van der Waals surface area contributed by atoms with Crippen LogP contribution in [-0.4, -0.2) is 54.4 Å². The van der Waals surface area contributed by atoms with Crippen molar-refractivity contribution in [3.8, 4) is 0 Å². The van der Waals surface area contributed by atoms with Crippen molar-refractivity contribution in [2.24, 2.45) is 10.7 Å². The molecule has 152 valence electrons. The molecule has 1 saturated heterocycles. The summed E-state index contributed by atoms with van der Waals surface area (Å²) in [6.45, 7) is 8.03. The van der Waals surface area contributed by atoms with Crippen molar-refractivity contribution in [3.63, 3.8) is 0 Å². The number of hydrogen-bond donors (Lipinski definition) is 2. The van der Waals surface area contributed by atoms with Crippen LogP contribution in [0, 0.1) is 0 Å². The van der Waals surface area contributed by atoms with E-state index in [0.717, 1.165) is 45.2 Å². The first-order chi connectivity index (χ1) is 13.2. The second-order valence-corrected chi connectivity index (χ2v) is 6.55. The lowest BCUT2D eigenvalue weighted by atomic mass is 10.2. The van der Waals surface area contributed by atoms with Gasteiger partial charge in [0.05, 0.1) is 0 Å². The average molecular weight is 497 g/mol. The van der Waals surface area contributed by atoms with Crippen LogP contribution in [0.2, 0.25) is 0 Å². The number of aliphatic imine (C=N–C) groups is 1. The van der Waals surface area contributed by atoms with Crippen molar-refractivity contribution < 1.29 is 9.21 Å². The van der Waals surface area contributed by atoms with Gasteiger partial charge < -0.3 is 20.4 Å². The number of carbonyl (C=O) groups is 1. The number of nitrogens with one attached hydrogen (secondary N) is 1. The van der Waals surface area contributed by atoms with Gasteiger partial charge >= 0.3 is 0 Å². The molecule has 2 heterocycles. The molecule has 0 saturated carbocycles. The summed E-state index contributed by atoms with van der Waals surface area (Å²) >= 11 is 0. The minimum atomic E-state index is -0.563. The zero-order valence-electron chi connectivity index (χ0n) is 16.1. The number of halogens is 1. The second kappa shape index (κ2) is 11.1. The molecule has 28 heavy (non-hydrogen) atoms. The summed E-state index contributed by atoms with van der Waals surface area (Å²) in [7, 11) is 0. The highest BCUT2D eigenvalue weighted by atomic mass is 127. The molecule has 1 aliphatic heterocycles. The van der Waals surface area contributed by atoms with Crippen molar-refractivity contribution in [2.45, 2.75) is 20.0 Å². The van der Waals surface area contributed by atoms with Gasteiger partial charge in [-0.05, 0) is 24.6 Å². The molecule has 2 aromatic rings. The highest BCUT2D eigenvalue weighted by molar-refractivity contribution is 14.0. The van der Waals surface area contributed by atoms with E-state index in [9.17, 15) is 4.79 Å². The molecule has 1 fully saturated rings. The third kappa shape index (κ3) is 6.23. The molecule has 1 aliphatic rings. The van der Waals surface area contributed by atoms with Crippen LogP contribution < -0.4 is 11.1 Å². The molecular formula is C20H28IN5O2. The fourth-order valence-electron chi connectivity index (χ4n) is 3.13. The number of nitrogens with zero attached hydrogens (tertiary/aromatic N) is 3. The normalized spacial score (nSPS) is 15.2. The number of guanidine groups is 1. The highest BCUT2D eigenvalue weighted by Gasteiger charge is 2.19. The molecule has 0 atom stereocenters. The van der Waals surface area contributed by atoms with Crippen molar-refractivity contribution in [3.05, 3.63) is 59.5 Å². The van der Waals surface area contributed by atoms with Gasteiger partial charge in [0.25, 0.3) is 5.91 Å². The predicted molar refractivity (Wildman–Crippen MR) is 121 cm³/mol. The molecular weight excluding hydrogens is 469 g/mol. The molecule has 1 aromatic heterocycles. The lowest BCUT2D eigenvalue weighted by Crippen LogP contribution is -2.52. The molecule has 0 bridgehead atoms. The van der Waals surface area contributed by atoms with Crippen LogP contribution in [0.5, 0.6) is 0 Å². The van der Waals surface area contributed by atoms with Crippen molar-refractivity contribution >= 4 is 35.8 Å². The van der Waals surface area contributed by atoms with Crippen LogP contribution in [0.3, 0.4) is 0 Å². The number of primary amides is 1. The standard InChI is InChI=1S/C20H27N5O2.HI/c1-2-22-20(23-14-17-8-9-18(27-17)19(21)26)25-12-10-24(11-13-25)15-16-6-4-3-5-7-16;/h3-9H,2,10-15H2,1H3,(H2,21,26)(H,22,23);1H. The quantitative estimate of drug-likeness (QED) is 0.364. The Hall–Kier alpha value is -2.07. The van der Waals surface area contributed by atoms with E-state index in [0.29, 0.717) is 12.3 Å². The summed E-state index contributed by atoms with van der Waals surface area (Å²) in [6, 6.07) is 13.9. The Morgan fingerprint density at radius 3 is 2.46 bits per heavy atom. The summed E-state index contributed by atoms with van der Waals surface area (Å²) in [4.78, 5) is 20.5. The maximum atomic E-state index is 11.1. The number of rotatable bonds is 6. The first-order valence-corrected chi connectivity index (χ1v) is 9.33. The predicted octanol–water partition coefficient (Wildman–Crippen LogP) is 2.28. The summed E-state index contributed by atoms with van der Waals surface area (Å²) in [5.74, 6) is 1.10. The van der Waals surface area contributed by atoms with Crippen LogP contribution in [0.1, 0.15) is 28.8 Å². The van der Waals surface area contributed by atoms with Gasteiger partial charge in [0.15, 0.2) is 11.7 Å². The zero-order valence-corrected chi connectivity index (χ0v) is 18.5. The Morgan fingerprint density at radius 1 is 1.14 bits per heavy atom. The van der Waals surface area contributed by atoms with E-state index in [1.54, 1.807) is 12.1 Å². The molecule has 1 amide bonds. The highest BCUT2D eigenvalue weighted by Crippen LogP contribution is 2.11. The molecule has 0 radical (unpaired) electrons. The Morgan fingerprint density at radius 2 is 1.86 bits per heavy atom. The molecule has 0 spiro atoms. The van der Waals surface area contributed by atoms with E-state index in [4.69, 9.17) is 10.2 Å². The second-order valence-electron chi connectivity index (χ2n) is 6.55. The van der Waals surface area contributed by atoms with Crippen molar-refractivity contribution in [1.29, 1.82) is 0 Å². The molecule has 8 heteroatoms. The summed E-state index contributed by atoms with van der Waals surface area (Å²) in [5.41, 5.74) is 6.56. The van der Waals surface area contributed by atoms with Gasteiger partial charge in [-0.3, -0.25) is 9.69 Å². The SMILES string of the molecule is CCNC(=NCc1ccc(C(N)=O)o1)N1CCN(Cc2ccccc2)CC1.I. The zero-order chi connectivity index (χ0) is 19.1. The third-order valence-corrected chi connectivity index (χ3v) is 4.54. The Kier molecular flexibility index (Phi) is 8.78. The monoisotopic (exact) mass is 497 g/mol. The topological polar surface area (TPSA) is 87.1 Å². The van der Waals surface area contributed by atoms with Gasteiger partial charge in [0, 0.05) is 39.3 Å². The first kappa shape index (κ1) is 22.2. The largest absolute Gasteiger partial charge is 0.454 e. The lowest BCUT2D eigenvalue weighted by molar-refractivity contribution is 0.0972. The Labute approximate surface area is 183 Å². The number of carbonyl (C=O) groups excluding carboxylic acids is 1. The maximum absolute atomic E-state index is 11.1. The molecule has 0 unspecified atom stereocenters. The number of benzene rings is 1. The number of nitrogens with two attached hydrogens (primary N) is 1. The van der Waals surface area contributed by atoms with Crippen LogP contribution >= 0.6 is 24.0 Å². The van der Waals surface area contributed by atoms with Crippen LogP contribution in [0.4, 0.5) is 0 Å². The fourth-order valence-corrected chi connectivity index (χ4v) is 3.13. The van der Waals surface area contributed by atoms with E-state index in [1.165, 1.54) is 5.56 Å². The number of piperazine rings is 1. The van der Waals surface area contributed by atoms with Gasteiger partial charge in [0.1, 0.15) is 12.3 Å². The summed E-state index contributed by atoms with van der Waals surface area (Å²) < 4.78 is 5.41. The molecule has 3 rings (SSSR count). The van der Waals surface area contributed by atoms with E-state index in [-0.39, 0.29) is 29.7 Å². The van der Waals surface area contributed by atoms with E-state index < -0.39 is 5.91 Å². The van der Waals surface area contributed by atoms with Crippen LogP contribution in [0.25, 0.3) is 0 Å². The van der Waals surface area contributed by atoms with E-state index >= 15 is 0 Å². The first-order valence-electron chi connectivity index (χ1n) is 9.33. The van der Waals surface area contributed by atoms with Crippen molar-refractivity contribution in [2.75, 3.05) is 32.7 Å². The van der Waals surface area contributed by atoms with Gasteiger partial charge in [-0.25, -0.2) is 4.99 Å². The van der Waals surface area contributed by atoms with Gasteiger partial charge in [0.2, 0.25) is 0 Å². The number of furan rings is 1. The van der Waals surface area contributed by atoms with E-state index in [1.807, 2.05) is 6.07 Å². The van der Waals surface area contributed by atoms with Crippen LogP contribution in [0.15, 0.2) is 51.9 Å². The number of amides is 1. The minimum absolute atomic E-state index is 0. The van der Waals surface area contributed by atoms with Crippen molar-refractivity contribution in [1.82, 2.24) is 15.1 Å². The molecule has 1 aromatic carbocycles. The number of hydrogen-bond acceptors (Lipinski definition) is 4. The molecule has 3 N–H and O–H groups in total. The average Bonchev–Trinajstić information content (AvgIpc) is 3.16. The minimum Gasteiger partial charge on any atom is -0.454 e. The fraction of sp³-hybridized carbons (Fsp3) is 0.400. The third-order valence-electron chi connectivity index (χ3n) is 4.54. The summed E-state index contributed by atoms with van der Waals surface area (Å²) in [6.07, 6.45) is 0. The van der Waals surface area contributed by atoms with E-state index in [2.05, 4.69) is 51.3 Å². The maximum Gasteiger partial charge on any atom is 0.284 e. The Bertz CT molecular complexity index is 770. The van der Waals surface area contributed by atoms with Crippen LogP contribution in [-0.2, 0) is 13.1 Å². The Balaban J connectivity index is 0.00000280. The lowest BCUT2D eigenvalue weighted by Gasteiger charge is -2.36. The molecule has 0 aliphatic carbocycles. The van der Waals surface area contributed by atoms with Gasteiger partial charge in [-0.2, -0.15) is 0 Å². The summed E-state index contributed by atoms with van der Waals surface area (Å²) in [5, 5.41) is 3.34. The van der Waals surface area contributed by atoms with Gasteiger partial charge in [-0.1, -0.05) is 30.3 Å². The van der Waals surface area contributed by atoms with Gasteiger partial charge in [-0.15, -0.1) is 24.0 Å².